The Balaban J connectivity index is 3.98. The Morgan fingerprint density at radius 3 is 2.33 bits per heavy atom. The molecule has 0 bridgehead atoms. The molecular weight excluding hydrogens is 202 g/mol. The van der Waals surface area contributed by atoms with Gasteiger partial charge in [0.2, 0.25) is 10.0 Å². The van der Waals surface area contributed by atoms with Gasteiger partial charge in [0.25, 0.3) is 0 Å². The first-order chi connectivity index (χ1) is 5.33. The second-order valence-corrected chi connectivity index (χ2v) is 5.85. The number of hydrogen-bond acceptors (Lipinski definition) is 4. The van der Waals surface area contributed by atoms with Crippen LogP contribution in [0.25, 0.3) is 0 Å². The maximum absolute atomic E-state index is 10.8. The molecule has 0 saturated heterocycles. The minimum absolute atomic E-state index is 0.167. The molecule has 0 fully saturated rings. The van der Waals surface area contributed by atoms with Gasteiger partial charge < -0.3 is 4.55 Å². The van der Waals surface area contributed by atoms with Gasteiger partial charge in [0.1, 0.15) is 5.08 Å². The molecule has 0 aliphatic rings. The minimum Gasteiger partial charge on any atom is -0.772 e. The molecule has 0 saturated carbocycles. The van der Waals surface area contributed by atoms with E-state index in [-0.39, 0.29) is 12.5 Å². The first kappa shape index (κ1) is 12.0. The summed E-state index contributed by atoms with van der Waals surface area (Å²) < 4.78 is 43.9. The second-order valence-electron chi connectivity index (χ2n) is 2.78. The summed E-state index contributed by atoms with van der Waals surface area (Å²) in [5, 5.41) is -0.861. The number of nitrogens with one attached hydrogen (secondary N) is 1. The fourth-order valence-corrected chi connectivity index (χ4v) is 2.40. The molecule has 7 heteroatoms. The molecule has 0 aliphatic heterocycles. The van der Waals surface area contributed by atoms with Gasteiger partial charge in [-0.05, 0) is 17.0 Å². The van der Waals surface area contributed by atoms with Gasteiger partial charge in [0, 0.05) is 6.54 Å². The Labute approximate surface area is 74.9 Å². The summed E-state index contributed by atoms with van der Waals surface area (Å²) in [6.07, 6.45) is 0. The van der Waals surface area contributed by atoms with E-state index in [1.54, 1.807) is 0 Å². The highest BCUT2D eigenvalue weighted by Gasteiger charge is 2.09. The first-order valence-corrected chi connectivity index (χ1v) is 6.26. The predicted octanol–water partition coefficient (Wildman–Crippen LogP) is -0.602. The third kappa shape index (κ3) is 6.71. The van der Waals surface area contributed by atoms with Crippen molar-refractivity contribution in [3.63, 3.8) is 0 Å². The van der Waals surface area contributed by atoms with Crippen molar-refractivity contribution in [1.82, 2.24) is 4.72 Å². The zero-order valence-corrected chi connectivity index (χ0v) is 8.57. The number of hydrogen-bond donors (Lipinski definition) is 1. The van der Waals surface area contributed by atoms with Gasteiger partial charge in [-0.2, -0.15) is 0 Å². The molecule has 5 nitrogen and oxygen atoms in total. The molecule has 1 atom stereocenters. The summed E-state index contributed by atoms with van der Waals surface area (Å²) in [5.41, 5.74) is 0. The van der Waals surface area contributed by atoms with Gasteiger partial charge in [0.15, 0.2) is 0 Å². The van der Waals surface area contributed by atoms with Crippen molar-refractivity contribution in [3.8, 4) is 0 Å². The normalized spacial score (nSPS) is 15.0. The molecule has 0 aliphatic carbocycles. The maximum Gasteiger partial charge on any atom is 0.222 e. The van der Waals surface area contributed by atoms with Gasteiger partial charge in [0.05, 0.1) is 0 Å². The van der Waals surface area contributed by atoms with Crippen LogP contribution in [0.2, 0.25) is 0 Å². The van der Waals surface area contributed by atoms with E-state index in [1.807, 2.05) is 13.8 Å². The first-order valence-electron chi connectivity index (χ1n) is 3.36. The highest BCUT2D eigenvalue weighted by atomic mass is 32.3. The molecule has 0 aromatic heterocycles. The zero-order valence-electron chi connectivity index (χ0n) is 6.94. The van der Waals surface area contributed by atoms with Gasteiger partial charge in [-0.15, -0.1) is 0 Å². The summed E-state index contributed by atoms with van der Waals surface area (Å²) in [7, 11) is -3.64. The van der Waals surface area contributed by atoms with Crippen LogP contribution >= 0.6 is 0 Å². The van der Waals surface area contributed by atoms with Crippen LogP contribution in [0.4, 0.5) is 0 Å². The largest absolute Gasteiger partial charge is 0.772 e. The third-order valence-corrected chi connectivity index (χ3v) is 3.58. The number of sulfonamides is 1. The van der Waals surface area contributed by atoms with E-state index in [9.17, 15) is 17.2 Å². The lowest BCUT2D eigenvalue weighted by molar-refractivity contribution is 0.536. The Morgan fingerprint density at radius 2 is 2.00 bits per heavy atom. The summed E-state index contributed by atoms with van der Waals surface area (Å²) >= 11 is -2.55. The Hall–Kier alpha value is 0.0200. The van der Waals surface area contributed by atoms with Crippen LogP contribution in [0.3, 0.4) is 0 Å². The van der Waals surface area contributed by atoms with Crippen LogP contribution in [-0.2, 0) is 21.1 Å². The number of rotatable bonds is 5. The van der Waals surface area contributed by atoms with E-state index in [4.69, 9.17) is 0 Å². The van der Waals surface area contributed by atoms with Crippen LogP contribution in [0.15, 0.2) is 0 Å². The van der Waals surface area contributed by atoms with Crippen LogP contribution in [0.5, 0.6) is 0 Å². The van der Waals surface area contributed by atoms with Crippen molar-refractivity contribution in [1.29, 1.82) is 0 Å². The predicted molar refractivity (Wildman–Crippen MR) is 45.5 cm³/mol. The average Bonchev–Trinajstić information content (AvgIpc) is 1.81. The van der Waals surface area contributed by atoms with Crippen molar-refractivity contribution in [2.45, 2.75) is 13.8 Å². The van der Waals surface area contributed by atoms with Crippen molar-refractivity contribution in [3.05, 3.63) is 0 Å². The van der Waals surface area contributed by atoms with Crippen LogP contribution in [-0.4, -0.2) is 28.8 Å². The van der Waals surface area contributed by atoms with Crippen molar-refractivity contribution in [2.75, 3.05) is 11.6 Å². The average molecular weight is 214 g/mol. The van der Waals surface area contributed by atoms with Crippen molar-refractivity contribution >= 4 is 21.1 Å². The maximum atomic E-state index is 10.8. The fraction of sp³-hybridized carbons (Fsp3) is 1.00. The fourth-order valence-electron chi connectivity index (χ4n) is 0.462. The van der Waals surface area contributed by atoms with Gasteiger partial charge >= 0.3 is 0 Å². The lowest BCUT2D eigenvalue weighted by Gasteiger charge is -2.09. The Kier molecular flexibility index (Phi) is 4.91. The quantitative estimate of drug-likeness (QED) is 0.619. The second kappa shape index (κ2) is 4.90. The van der Waals surface area contributed by atoms with Gasteiger partial charge in [-0.3, -0.25) is 4.21 Å². The molecule has 74 valence electrons. The molecule has 0 heterocycles. The summed E-state index contributed by atoms with van der Waals surface area (Å²) in [6, 6.07) is 0. The topological polar surface area (TPSA) is 86.3 Å². The van der Waals surface area contributed by atoms with Crippen LogP contribution < -0.4 is 4.72 Å². The molecular formula is C5H12NO4S2-. The molecule has 0 aromatic rings. The highest BCUT2D eigenvalue weighted by molar-refractivity contribution is 8.02. The molecule has 0 radical (unpaired) electrons. The Bertz CT molecular complexity index is 246. The lowest BCUT2D eigenvalue weighted by Crippen LogP contribution is -2.31. The lowest BCUT2D eigenvalue weighted by atomic mass is 10.2. The highest BCUT2D eigenvalue weighted by Crippen LogP contribution is 1.92. The smallest absolute Gasteiger partial charge is 0.222 e. The molecule has 0 amide bonds. The van der Waals surface area contributed by atoms with E-state index in [1.165, 1.54) is 0 Å². The minimum atomic E-state index is -3.64. The Morgan fingerprint density at radius 1 is 1.50 bits per heavy atom. The third-order valence-electron chi connectivity index (χ3n) is 0.963. The van der Waals surface area contributed by atoms with E-state index in [0.29, 0.717) is 0 Å². The molecule has 1 N–H and O–H groups in total. The summed E-state index contributed by atoms with van der Waals surface area (Å²) in [6.45, 7) is 3.92. The SMILES string of the molecule is CC(C)CNS(=O)(=O)CS(=O)[O-]. The summed E-state index contributed by atoms with van der Waals surface area (Å²) in [4.78, 5) is 0. The van der Waals surface area contributed by atoms with E-state index < -0.39 is 26.2 Å². The van der Waals surface area contributed by atoms with Gasteiger partial charge in [-0.1, -0.05) is 13.8 Å². The van der Waals surface area contributed by atoms with Crippen LogP contribution in [0, 0.1) is 5.92 Å². The zero-order chi connectivity index (χ0) is 9.78. The molecule has 0 rings (SSSR count). The standard InChI is InChI=1S/C5H13NO4S2/c1-5(2)3-6-12(9,10)4-11(7)8/h5-6H,3-4H2,1-2H3,(H,7,8)/p-1. The molecule has 1 unspecified atom stereocenters. The van der Waals surface area contributed by atoms with E-state index in [0.717, 1.165) is 0 Å². The van der Waals surface area contributed by atoms with E-state index >= 15 is 0 Å². The van der Waals surface area contributed by atoms with Crippen LogP contribution in [0.1, 0.15) is 13.8 Å². The molecule has 12 heavy (non-hydrogen) atoms. The summed E-state index contributed by atoms with van der Waals surface area (Å²) in [5.74, 6) is 0.167. The van der Waals surface area contributed by atoms with Crippen molar-refractivity contribution < 1.29 is 17.2 Å². The monoisotopic (exact) mass is 214 g/mol. The van der Waals surface area contributed by atoms with E-state index in [2.05, 4.69) is 4.72 Å². The molecule has 0 aromatic carbocycles. The molecule has 0 spiro atoms. The van der Waals surface area contributed by atoms with Gasteiger partial charge in [-0.25, -0.2) is 13.1 Å². The van der Waals surface area contributed by atoms with Crippen molar-refractivity contribution in [2.24, 2.45) is 5.92 Å².